The van der Waals surface area contributed by atoms with Crippen LogP contribution in [0.4, 0.5) is 0 Å². The molecule has 0 aliphatic heterocycles. The van der Waals surface area contributed by atoms with Crippen molar-refractivity contribution < 1.29 is 14.6 Å². The Morgan fingerprint density at radius 1 is 1.47 bits per heavy atom. The van der Waals surface area contributed by atoms with Gasteiger partial charge in [0.1, 0.15) is 6.10 Å². The molecular formula is C12H18N2O3. The summed E-state index contributed by atoms with van der Waals surface area (Å²) in [5.74, 6) is -0.574. The number of rotatable bonds is 6. The number of aryl methyl sites for hydroxylation is 1. The average molecular weight is 238 g/mol. The van der Waals surface area contributed by atoms with E-state index in [1.54, 1.807) is 6.92 Å². The Kier molecular flexibility index (Phi) is 5.03. The van der Waals surface area contributed by atoms with Crippen LogP contribution in [0.25, 0.3) is 0 Å². The van der Waals surface area contributed by atoms with Crippen LogP contribution in [0.3, 0.4) is 0 Å². The summed E-state index contributed by atoms with van der Waals surface area (Å²) in [5.41, 5.74) is 0.668. The lowest BCUT2D eigenvalue weighted by atomic mass is 10.2. The SMILES string of the molecule is CCCC(OCC)c1nc(C)cc(C(=O)O)n1. The van der Waals surface area contributed by atoms with Gasteiger partial charge in [-0.15, -0.1) is 0 Å². The highest BCUT2D eigenvalue weighted by Crippen LogP contribution is 2.20. The van der Waals surface area contributed by atoms with Crippen molar-refractivity contribution in [3.8, 4) is 0 Å². The Labute approximate surface area is 101 Å². The molecule has 0 amide bonds. The highest BCUT2D eigenvalue weighted by atomic mass is 16.5. The summed E-state index contributed by atoms with van der Waals surface area (Å²) >= 11 is 0. The monoisotopic (exact) mass is 238 g/mol. The topological polar surface area (TPSA) is 72.3 Å². The van der Waals surface area contributed by atoms with Gasteiger partial charge in [0.2, 0.25) is 0 Å². The van der Waals surface area contributed by atoms with Crippen LogP contribution in [0.1, 0.15) is 54.8 Å². The highest BCUT2D eigenvalue weighted by Gasteiger charge is 2.17. The normalized spacial score (nSPS) is 12.4. The van der Waals surface area contributed by atoms with Crippen LogP contribution in [-0.4, -0.2) is 27.7 Å². The molecule has 1 aromatic rings. The van der Waals surface area contributed by atoms with Crippen molar-refractivity contribution in [2.24, 2.45) is 0 Å². The van der Waals surface area contributed by atoms with Gasteiger partial charge < -0.3 is 9.84 Å². The van der Waals surface area contributed by atoms with E-state index in [-0.39, 0.29) is 11.8 Å². The minimum atomic E-state index is -1.04. The smallest absolute Gasteiger partial charge is 0.354 e. The quantitative estimate of drug-likeness (QED) is 0.823. The molecule has 0 bridgehead atoms. The van der Waals surface area contributed by atoms with E-state index in [1.165, 1.54) is 6.07 Å². The minimum absolute atomic E-state index is 0.0216. The molecule has 0 aromatic carbocycles. The molecule has 1 heterocycles. The third-order valence-corrected chi connectivity index (χ3v) is 2.30. The van der Waals surface area contributed by atoms with Gasteiger partial charge in [-0.05, 0) is 26.3 Å². The standard InChI is InChI=1S/C12H18N2O3/c1-4-6-10(17-5-2)11-13-8(3)7-9(14-11)12(15)16/h7,10H,4-6H2,1-3H3,(H,15,16). The van der Waals surface area contributed by atoms with Gasteiger partial charge in [-0.1, -0.05) is 13.3 Å². The predicted molar refractivity (Wildman–Crippen MR) is 63.0 cm³/mol. The van der Waals surface area contributed by atoms with Gasteiger partial charge in [0.05, 0.1) is 0 Å². The molecule has 17 heavy (non-hydrogen) atoms. The zero-order chi connectivity index (χ0) is 12.8. The van der Waals surface area contributed by atoms with Gasteiger partial charge >= 0.3 is 5.97 Å². The zero-order valence-electron chi connectivity index (χ0n) is 10.4. The molecule has 5 nitrogen and oxygen atoms in total. The van der Waals surface area contributed by atoms with Crippen LogP contribution in [0.5, 0.6) is 0 Å². The molecule has 5 heteroatoms. The van der Waals surface area contributed by atoms with Gasteiger partial charge in [-0.2, -0.15) is 0 Å². The maximum absolute atomic E-state index is 10.9. The van der Waals surface area contributed by atoms with Crippen molar-refractivity contribution in [3.63, 3.8) is 0 Å². The van der Waals surface area contributed by atoms with Crippen molar-refractivity contribution in [2.45, 2.75) is 39.7 Å². The van der Waals surface area contributed by atoms with E-state index in [9.17, 15) is 4.79 Å². The Morgan fingerprint density at radius 2 is 2.18 bits per heavy atom. The third-order valence-electron chi connectivity index (χ3n) is 2.30. The summed E-state index contributed by atoms with van der Waals surface area (Å²) in [6.07, 6.45) is 1.50. The first-order valence-corrected chi connectivity index (χ1v) is 5.79. The molecule has 0 aliphatic rings. The average Bonchev–Trinajstić information content (AvgIpc) is 2.28. The molecule has 0 fully saturated rings. The lowest BCUT2D eigenvalue weighted by molar-refractivity contribution is 0.0486. The minimum Gasteiger partial charge on any atom is -0.477 e. The Morgan fingerprint density at radius 3 is 2.71 bits per heavy atom. The first kappa shape index (κ1) is 13.6. The maximum atomic E-state index is 10.9. The fraction of sp³-hybridized carbons (Fsp3) is 0.583. The lowest BCUT2D eigenvalue weighted by Gasteiger charge is -2.15. The molecule has 1 N–H and O–H groups in total. The second-order valence-corrected chi connectivity index (χ2v) is 3.79. The van der Waals surface area contributed by atoms with Gasteiger partial charge in [0.15, 0.2) is 11.5 Å². The van der Waals surface area contributed by atoms with Crippen LogP contribution in [0, 0.1) is 6.92 Å². The number of aromatic nitrogens is 2. The van der Waals surface area contributed by atoms with Gasteiger partial charge in [0, 0.05) is 12.3 Å². The number of carboxylic acid groups (broad SMARTS) is 1. The van der Waals surface area contributed by atoms with Gasteiger partial charge in [-0.25, -0.2) is 14.8 Å². The summed E-state index contributed by atoms with van der Waals surface area (Å²) in [4.78, 5) is 19.2. The lowest BCUT2D eigenvalue weighted by Crippen LogP contribution is -2.13. The molecule has 1 rings (SSSR count). The Bertz CT molecular complexity index is 387. The molecule has 0 radical (unpaired) electrons. The van der Waals surface area contributed by atoms with Crippen LogP contribution in [0.2, 0.25) is 0 Å². The number of carboxylic acids is 1. The van der Waals surface area contributed by atoms with E-state index in [0.29, 0.717) is 18.1 Å². The van der Waals surface area contributed by atoms with Crippen molar-refractivity contribution in [1.29, 1.82) is 0 Å². The fourth-order valence-electron chi connectivity index (χ4n) is 1.60. The molecular weight excluding hydrogens is 220 g/mol. The number of aromatic carboxylic acids is 1. The number of carbonyl (C=O) groups is 1. The predicted octanol–water partition coefficient (Wildman–Crippen LogP) is 2.36. The van der Waals surface area contributed by atoms with Crippen molar-refractivity contribution in [3.05, 3.63) is 23.3 Å². The van der Waals surface area contributed by atoms with Crippen LogP contribution in [0.15, 0.2) is 6.07 Å². The third kappa shape index (κ3) is 3.78. The largest absolute Gasteiger partial charge is 0.477 e. The van der Waals surface area contributed by atoms with Crippen molar-refractivity contribution in [1.82, 2.24) is 9.97 Å². The number of ether oxygens (including phenoxy) is 1. The summed E-state index contributed by atoms with van der Waals surface area (Å²) in [6, 6.07) is 1.46. The van der Waals surface area contributed by atoms with E-state index >= 15 is 0 Å². The number of hydrogen-bond acceptors (Lipinski definition) is 4. The van der Waals surface area contributed by atoms with E-state index in [4.69, 9.17) is 9.84 Å². The van der Waals surface area contributed by atoms with Gasteiger partial charge in [0.25, 0.3) is 0 Å². The molecule has 0 spiro atoms. The Balaban J connectivity index is 3.04. The van der Waals surface area contributed by atoms with Crippen molar-refractivity contribution in [2.75, 3.05) is 6.61 Å². The second kappa shape index (κ2) is 6.30. The highest BCUT2D eigenvalue weighted by molar-refractivity contribution is 5.85. The van der Waals surface area contributed by atoms with Crippen molar-refractivity contribution >= 4 is 5.97 Å². The fourth-order valence-corrected chi connectivity index (χ4v) is 1.60. The molecule has 0 saturated heterocycles. The van der Waals surface area contributed by atoms with Gasteiger partial charge in [-0.3, -0.25) is 0 Å². The van der Waals surface area contributed by atoms with E-state index in [1.807, 2.05) is 13.8 Å². The summed E-state index contributed by atoms with van der Waals surface area (Å²) in [6.45, 7) is 6.26. The summed E-state index contributed by atoms with van der Waals surface area (Å²) in [5, 5.41) is 8.94. The molecule has 1 atom stereocenters. The first-order chi connectivity index (χ1) is 8.08. The van der Waals surface area contributed by atoms with Crippen LogP contribution in [-0.2, 0) is 4.74 Å². The van der Waals surface area contributed by atoms with E-state index in [2.05, 4.69) is 9.97 Å². The number of hydrogen-bond donors (Lipinski definition) is 1. The van der Waals surface area contributed by atoms with E-state index in [0.717, 1.165) is 12.8 Å². The molecule has 0 saturated carbocycles. The number of nitrogens with zero attached hydrogens (tertiary/aromatic N) is 2. The maximum Gasteiger partial charge on any atom is 0.354 e. The molecule has 94 valence electrons. The van der Waals surface area contributed by atoms with Crippen LogP contribution < -0.4 is 0 Å². The van der Waals surface area contributed by atoms with E-state index < -0.39 is 5.97 Å². The molecule has 1 aromatic heterocycles. The van der Waals surface area contributed by atoms with Crippen LogP contribution >= 0.6 is 0 Å². The first-order valence-electron chi connectivity index (χ1n) is 5.79. The Hall–Kier alpha value is -1.49. The summed E-state index contributed by atoms with van der Waals surface area (Å²) in [7, 11) is 0. The zero-order valence-corrected chi connectivity index (χ0v) is 10.4. The molecule has 0 aliphatic carbocycles. The molecule has 1 unspecified atom stereocenters. The summed E-state index contributed by atoms with van der Waals surface area (Å²) < 4.78 is 5.54. The second-order valence-electron chi connectivity index (χ2n) is 3.79.